The minimum Gasteiger partial charge on any atom is -0.270 e. The van der Waals surface area contributed by atoms with Gasteiger partial charge in [-0.05, 0) is 6.07 Å². The van der Waals surface area contributed by atoms with E-state index in [9.17, 15) is 4.39 Å². The highest BCUT2D eigenvalue weighted by atomic mass is 19.1. The fraction of sp³-hybridized carbons (Fsp3) is 0.125. The number of pyridine rings is 1. The summed E-state index contributed by atoms with van der Waals surface area (Å²) in [6.45, 7) is 0. The van der Waals surface area contributed by atoms with Crippen LogP contribution in [0.15, 0.2) is 24.8 Å². The number of hydrogen-bond acceptors (Lipinski definition) is 5. The molecule has 2 aromatic rings. The number of aromatic amines is 1. The van der Waals surface area contributed by atoms with Gasteiger partial charge in [0.05, 0.1) is 6.20 Å². The van der Waals surface area contributed by atoms with Crippen molar-refractivity contribution in [1.82, 2.24) is 25.6 Å². The van der Waals surface area contributed by atoms with E-state index in [4.69, 9.17) is 5.84 Å². The van der Waals surface area contributed by atoms with E-state index in [2.05, 4.69) is 25.6 Å². The summed E-state index contributed by atoms with van der Waals surface area (Å²) < 4.78 is 13.4. The number of nitrogens with zero attached hydrogens (tertiary/aromatic N) is 3. The first-order valence-electron chi connectivity index (χ1n) is 4.23. The van der Waals surface area contributed by atoms with Crippen LogP contribution in [0, 0.1) is 5.82 Å². The number of halogens is 1. The summed E-state index contributed by atoms with van der Waals surface area (Å²) in [4.78, 5) is 7.56. The van der Waals surface area contributed by atoms with Crippen LogP contribution < -0.4 is 11.3 Å². The Morgan fingerprint density at radius 3 is 3.00 bits per heavy atom. The van der Waals surface area contributed by atoms with Crippen molar-refractivity contribution in [3.63, 3.8) is 0 Å². The Morgan fingerprint density at radius 1 is 1.53 bits per heavy atom. The molecule has 6 nitrogen and oxygen atoms in total. The van der Waals surface area contributed by atoms with Gasteiger partial charge >= 0.3 is 0 Å². The summed E-state index contributed by atoms with van der Waals surface area (Å²) in [5, 5.41) is 6.30. The Labute approximate surface area is 84.7 Å². The molecule has 78 valence electrons. The Kier molecular flexibility index (Phi) is 2.66. The van der Waals surface area contributed by atoms with Crippen LogP contribution in [0.2, 0.25) is 0 Å². The number of nitrogens with two attached hydrogens (primary N) is 1. The smallest absolute Gasteiger partial charge is 0.147 e. The molecule has 0 amide bonds. The summed E-state index contributed by atoms with van der Waals surface area (Å²) in [7, 11) is 0. The normalized spacial score (nSPS) is 12.7. The maximum atomic E-state index is 13.4. The number of aromatic nitrogens is 4. The molecule has 4 N–H and O–H groups in total. The minimum atomic E-state index is -0.560. The number of hydrazine groups is 1. The molecule has 0 aliphatic rings. The number of nitrogens with one attached hydrogen (secondary N) is 2. The second-order valence-corrected chi connectivity index (χ2v) is 2.87. The van der Waals surface area contributed by atoms with E-state index < -0.39 is 11.9 Å². The third kappa shape index (κ3) is 1.83. The fourth-order valence-corrected chi connectivity index (χ4v) is 1.29. The SMILES string of the molecule is NNC(c1ncn[nH]1)c1ccncc1F. The molecule has 0 radical (unpaired) electrons. The largest absolute Gasteiger partial charge is 0.270 e. The molecule has 0 aromatic carbocycles. The summed E-state index contributed by atoms with van der Waals surface area (Å²) in [6.07, 6.45) is 3.94. The van der Waals surface area contributed by atoms with Gasteiger partial charge in [0.1, 0.15) is 24.0 Å². The van der Waals surface area contributed by atoms with E-state index in [1.165, 1.54) is 18.6 Å². The molecule has 1 atom stereocenters. The van der Waals surface area contributed by atoms with Crippen molar-refractivity contribution < 1.29 is 4.39 Å². The average Bonchev–Trinajstić information content (AvgIpc) is 2.75. The molecule has 2 heterocycles. The Balaban J connectivity index is 2.40. The zero-order valence-corrected chi connectivity index (χ0v) is 7.68. The molecule has 0 saturated heterocycles. The van der Waals surface area contributed by atoms with Gasteiger partial charge in [-0.1, -0.05) is 0 Å². The summed E-state index contributed by atoms with van der Waals surface area (Å²) >= 11 is 0. The van der Waals surface area contributed by atoms with Gasteiger partial charge in [0.2, 0.25) is 0 Å². The Bertz CT molecular complexity index is 428. The van der Waals surface area contributed by atoms with E-state index in [0.717, 1.165) is 6.20 Å². The zero-order valence-electron chi connectivity index (χ0n) is 7.68. The molecular weight excluding hydrogens is 199 g/mol. The maximum absolute atomic E-state index is 13.4. The van der Waals surface area contributed by atoms with Crippen LogP contribution in [-0.4, -0.2) is 20.2 Å². The first kappa shape index (κ1) is 9.69. The highest BCUT2D eigenvalue weighted by molar-refractivity contribution is 5.22. The van der Waals surface area contributed by atoms with Crippen molar-refractivity contribution in [2.75, 3.05) is 0 Å². The predicted molar refractivity (Wildman–Crippen MR) is 49.7 cm³/mol. The van der Waals surface area contributed by atoms with Gasteiger partial charge < -0.3 is 0 Å². The van der Waals surface area contributed by atoms with E-state index >= 15 is 0 Å². The van der Waals surface area contributed by atoms with Gasteiger partial charge in [0.25, 0.3) is 0 Å². The summed E-state index contributed by atoms with van der Waals surface area (Å²) in [5.41, 5.74) is 2.83. The Hall–Kier alpha value is -1.86. The molecule has 0 aliphatic heterocycles. The van der Waals surface area contributed by atoms with Crippen molar-refractivity contribution in [2.45, 2.75) is 6.04 Å². The van der Waals surface area contributed by atoms with Crippen molar-refractivity contribution in [3.8, 4) is 0 Å². The number of rotatable bonds is 3. The molecule has 1 unspecified atom stereocenters. The summed E-state index contributed by atoms with van der Waals surface area (Å²) in [5.74, 6) is 5.34. The van der Waals surface area contributed by atoms with Crippen LogP contribution >= 0.6 is 0 Å². The molecule has 0 fully saturated rings. The van der Waals surface area contributed by atoms with Gasteiger partial charge in [0.15, 0.2) is 0 Å². The minimum absolute atomic E-state index is 0.365. The van der Waals surface area contributed by atoms with Crippen LogP contribution in [0.1, 0.15) is 17.4 Å². The average molecular weight is 208 g/mol. The van der Waals surface area contributed by atoms with E-state index in [1.54, 1.807) is 0 Å². The lowest BCUT2D eigenvalue weighted by molar-refractivity contribution is 0.541. The number of H-pyrrole nitrogens is 1. The quantitative estimate of drug-likeness (QED) is 0.483. The summed E-state index contributed by atoms with van der Waals surface area (Å²) in [6, 6.07) is 0.970. The fourth-order valence-electron chi connectivity index (χ4n) is 1.29. The Morgan fingerprint density at radius 2 is 2.40 bits per heavy atom. The predicted octanol–water partition coefficient (Wildman–Crippen LogP) is -0.109. The van der Waals surface area contributed by atoms with E-state index in [-0.39, 0.29) is 0 Å². The zero-order chi connectivity index (χ0) is 10.7. The molecular formula is C8H9FN6. The van der Waals surface area contributed by atoms with Crippen LogP contribution in [0.4, 0.5) is 4.39 Å². The van der Waals surface area contributed by atoms with Crippen LogP contribution in [0.3, 0.4) is 0 Å². The topological polar surface area (TPSA) is 92.5 Å². The van der Waals surface area contributed by atoms with Crippen molar-refractivity contribution in [1.29, 1.82) is 0 Å². The lowest BCUT2D eigenvalue weighted by Gasteiger charge is -2.13. The third-order valence-corrected chi connectivity index (χ3v) is 1.99. The number of hydrogen-bond donors (Lipinski definition) is 3. The first-order valence-corrected chi connectivity index (χ1v) is 4.23. The van der Waals surface area contributed by atoms with Crippen molar-refractivity contribution in [2.24, 2.45) is 5.84 Å². The molecule has 0 bridgehead atoms. The lowest BCUT2D eigenvalue weighted by Crippen LogP contribution is -2.30. The molecule has 15 heavy (non-hydrogen) atoms. The van der Waals surface area contributed by atoms with E-state index in [1.807, 2.05) is 0 Å². The molecule has 2 aromatic heterocycles. The van der Waals surface area contributed by atoms with Gasteiger partial charge in [-0.3, -0.25) is 15.9 Å². The van der Waals surface area contributed by atoms with Crippen molar-refractivity contribution in [3.05, 3.63) is 42.0 Å². The third-order valence-electron chi connectivity index (χ3n) is 1.99. The van der Waals surface area contributed by atoms with E-state index in [0.29, 0.717) is 11.4 Å². The van der Waals surface area contributed by atoms with Crippen LogP contribution in [0.5, 0.6) is 0 Å². The second-order valence-electron chi connectivity index (χ2n) is 2.87. The molecule has 7 heteroatoms. The standard InChI is InChI=1S/C8H9FN6/c9-6-3-11-2-1-5(6)7(14-10)8-12-4-13-15-8/h1-4,7,14H,10H2,(H,12,13,15). The lowest BCUT2D eigenvalue weighted by atomic mass is 10.1. The molecule has 2 rings (SSSR count). The highest BCUT2D eigenvalue weighted by Gasteiger charge is 2.18. The first-order chi connectivity index (χ1) is 7.33. The molecule has 0 spiro atoms. The molecule has 0 aliphatic carbocycles. The van der Waals surface area contributed by atoms with Crippen LogP contribution in [0.25, 0.3) is 0 Å². The van der Waals surface area contributed by atoms with Crippen molar-refractivity contribution >= 4 is 0 Å². The van der Waals surface area contributed by atoms with Gasteiger partial charge in [-0.2, -0.15) is 5.10 Å². The van der Waals surface area contributed by atoms with Gasteiger partial charge in [-0.15, -0.1) is 0 Å². The van der Waals surface area contributed by atoms with Crippen LogP contribution in [-0.2, 0) is 0 Å². The second kappa shape index (κ2) is 4.11. The maximum Gasteiger partial charge on any atom is 0.147 e. The molecule has 0 saturated carbocycles. The monoisotopic (exact) mass is 208 g/mol. The highest BCUT2D eigenvalue weighted by Crippen LogP contribution is 2.19. The van der Waals surface area contributed by atoms with Gasteiger partial charge in [-0.25, -0.2) is 14.8 Å². The van der Waals surface area contributed by atoms with Gasteiger partial charge in [0, 0.05) is 11.8 Å².